The van der Waals surface area contributed by atoms with Gasteiger partial charge in [-0.2, -0.15) is 4.98 Å². The number of nitrogens with zero attached hydrogens (tertiary/aromatic N) is 2. The van der Waals surface area contributed by atoms with Crippen molar-refractivity contribution < 1.29 is 9.32 Å². The molecule has 2 N–H and O–H groups in total. The summed E-state index contributed by atoms with van der Waals surface area (Å²) >= 11 is 0. The maximum atomic E-state index is 12.4. The highest BCUT2D eigenvalue weighted by molar-refractivity contribution is 5.85. The second-order valence-corrected chi connectivity index (χ2v) is 7.68. The van der Waals surface area contributed by atoms with Crippen LogP contribution in [-0.2, 0) is 11.2 Å². The van der Waals surface area contributed by atoms with E-state index >= 15 is 0 Å². The SMILES string of the molecule is CC(NC(=O)CC1CC2CCC(C1)N2)c1noc(Cc2ccccc2)n1.Cl. The summed E-state index contributed by atoms with van der Waals surface area (Å²) in [5.41, 5.74) is 1.12. The first kappa shape index (κ1) is 19.8. The Morgan fingerprint density at radius 3 is 2.67 bits per heavy atom. The normalized spacial score (nSPS) is 24.9. The van der Waals surface area contributed by atoms with E-state index in [9.17, 15) is 4.79 Å². The number of amides is 1. The number of rotatable bonds is 6. The van der Waals surface area contributed by atoms with Gasteiger partial charge in [0.05, 0.1) is 12.5 Å². The van der Waals surface area contributed by atoms with Crippen LogP contribution in [-0.4, -0.2) is 28.1 Å². The van der Waals surface area contributed by atoms with Gasteiger partial charge in [-0.3, -0.25) is 4.79 Å². The summed E-state index contributed by atoms with van der Waals surface area (Å²) in [7, 11) is 0. The van der Waals surface area contributed by atoms with Gasteiger partial charge in [0.15, 0.2) is 5.82 Å². The molecule has 1 aromatic carbocycles. The van der Waals surface area contributed by atoms with Gasteiger partial charge in [-0.05, 0) is 44.1 Å². The monoisotopic (exact) mass is 390 g/mol. The lowest BCUT2D eigenvalue weighted by molar-refractivity contribution is -0.123. The lowest BCUT2D eigenvalue weighted by Crippen LogP contribution is -2.40. The molecule has 2 bridgehead atoms. The first-order valence-corrected chi connectivity index (χ1v) is 9.57. The second kappa shape index (κ2) is 8.85. The third-order valence-corrected chi connectivity index (χ3v) is 5.49. The summed E-state index contributed by atoms with van der Waals surface area (Å²) in [6, 6.07) is 11.0. The van der Waals surface area contributed by atoms with Crippen molar-refractivity contribution in [1.82, 2.24) is 20.8 Å². The molecule has 2 fully saturated rings. The number of aromatic nitrogens is 2. The fourth-order valence-corrected chi connectivity index (χ4v) is 4.26. The molecule has 6 nitrogen and oxygen atoms in total. The molecule has 2 saturated heterocycles. The van der Waals surface area contributed by atoms with E-state index in [4.69, 9.17) is 4.52 Å². The van der Waals surface area contributed by atoms with Crippen molar-refractivity contribution >= 4 is 18.3 Å². The van der Waals surface area contributed by atoms with E-state index in [1.54, 1.807) is 0 Å². The number of fused-ring (bicyclic) bond motifs is 2. The van der Waals surface area contributed by atoms with Crippen LogP contribution in [0.1, 0.15) is 62.3 Å². The zero-order valence-electron chi connectivity index (χ0n) is 15.6. The van der Waals surface area contributed by atoms with E-state index in [1.807, 2.05) is 37.3 Å². The van der Waals surface area contributed by atoms with E-state index in [0.29, 0.717) is 42.6 Å². The number of hydrogen-bond donors (Lipinski definition) is 2. The number of benzene rings is 1. The van der Waals surface area contributed by atoms with Crippen LogP contribution in [0.3, 0.4) is 0 Å². The zero-order valence-corrected chi connectivity index (χ0v) is 16.4. The molecule has 0 saturated carbocycles. The smallest absolute Gasteiger partial charge is 0.231 e. The van der Waals surface area contributed by atoms with Crippen molar-refractivity contribution in [3.63, 3.8) is 0 Å². The summed E-state index contributed by atoms with van der Waals surface area (Å²) in [5.74, 6) is 1.68. The number of halogens is 1. The zero-order chi connectivity index (χ0) is 17.9. The first-order valence-electron chi connectivity index (χ1n) is 9.57. The minimum atomic E-state index is -0.241. The molecule has 146 valence electrons. The summed E-state index contributed by atoms with van der Waals surface area (Å²) in [5, 5.41) is 10.7. The third-order valence-electron chi connectivity index (χ3n) is 5.49. The topological polar surface area (TPSA) is 80.0 Å². The first-order chi connectivity index (χ1) is 12.7. The Hall–Kier alpha value is -1.92. The van der Waals surface area contributed by atoms with Crippen molar-refractivity contribution in [2.24, 2.45) is 5.92 Å². The number of carbonyl (C=O) groups excluding carboxylic acids is 1. The minimum absolute atomic E-state index is 0. The molecule has 3 heterocycles. The molecule has 1 amide bonds. The number of nitrogens with one attached hydrogen (secondary N) is 2. The molecule has 2 aromatic rings. The van der Waals surface area contributed by atoms with Gasteiger partial charge in [0.2, 0.25) is 11.8 Å². The summed E-state index contributed by atoms with van der Waals surface area (Å²) in [4.78, 5) is 16.8. The molecule has 3 atom stereocenters. The molecule has 27 heavy (non-hydrogen) atoms. The van der Waals surface area contributed by atoms with Crippen LogP contribution in [0, 0.1) is 5.92 Å². The van der Waals surface area contributed by atoms with Gasteiger partial charge in [0.25, 0.3) is 0 Å². The lowest BCUT2D eigenvalue weighted by Gasteiger charge is -2.28. The van der Waals surface area contributed by atoms with Gasteiger partial charge in [-0.15, -0.1) is 12.4 Å². The molecule has 2 aliphatic heterocycles. The Kier molecular flexibility index (Phi) is 6.50. The van der Waals surface area contributed by atoms with Crippen LogP contribution in [0.25, 0.3) is 0 Å². The van der Waals surface area contributed by atoms with E-state index in [1.165, 1.54) is 12.8 Å². The van der Waals surface area contributed by atoms with Crippen LogP contribution < -0.4 is 10.6 Å². The Morgan fingerprint density at radius 1 is 1.26 bits per heavy atom. The van der Waals surface area contributed by atoms with Gasteiger partial charge in [-0.1, -0.05) is 35.5 Å². The van der Waals surface area contributed by atoms with Crippen LogP contribution in [0.15, 0.2) is 34.9 Å². The molecule has 0 aliphatic carbocycles. The van der Waals surface area contributed by atoms with Crippen molar-refractivity contribution in [1.29, 1.82) is 0 Å². The van der Waals surface area contributed by atoms with Gasteiger partial charge in [0.1, 0.15) is 0 Å². The Balaban J connectivity index is 0.00000210. The predicted molar refractivity (Wildman–Crippen MR) is 105 cm³/mol. The van der Waals surface area contributed by atoms with Gasteiger partial charge in [-0.25, -0.2) is 0 Å². The van der Waals surface area contributed by atoms with E-state index in [0.717, 1.165) is 18.4 Å². The van der Waals surface area contributed by atoms with Crippen molar-refractivity contribution in [2.45, 2.75) is 63.6 Å². The number of piperidine rings is 1. The molecule has 3 unspecified atom stereocenters. The fourth-order valence-electron chi connectivity index (χ4n) is 4.26. The summed E-state index contributed by atoms with van der Waals surface area (Å²) in [6.45, 7) is 1.90. The van der Waals surface area contributed by atoms with E-state index < -0.39 is 0 Å². The molecule has 4 rings (SSSR count). The minimum Gasteiger partial charge on any atom is -0.346 e. The molecule has 1 aromatic heterocycles. The molecule has 7 heteroatoms. The summed E-state index contributed by atoms with van der Waals surface area (Å²) in [6.07, 6.45) is 5.93. The quantitative estimate of drug-likeness (QED) is 0.791. The van der Waals surface area contributed by atoms with Crippen molar-refractivity contribution in [3.05, 3.63) is 47.6 Å². The Labute approximate surface area is 165 Å². The second-order valence-electron chi connectivity index (χ2n) is 7.68. The highest BCUT2D eigenvalue weighted by Gasteiger charge is 2.34. The van der Waals surface area contributed by atoms with E-state index in [2.05, 4.69) is 20.8 Å². The highest BCUT2D eigenvalue weighted by atomic mass is 35.5. The Bertz CT molecular complexity index is 739. The summed E-state index contributed by atoms with van der Waals surface area (Å²) < 4.78 is 5.34. The largest absolute Gasteiger partial charge is 0.346 e. The average Bonchev–Trinajstić information content (AvgIpc) is 3.22. The number of carbonyl (C=O) groups is 1. The maximum Gasteiger partial charge on any atom is 0.231 e. The predicted octanol–water partition coefficient (Wildman–Crippen LogP) is 3.18. The molecule has 2 aliphatic rings. The molecule has 0 spiro atoms. The van der Waals surface area contributed by atoms with E-state index in [-0.39, 0.29) is 24.4 Å². The maximum absolute atomic E-state index is 12.4. The average molecular weight is 391 g/mol. The van der Waals surface area contributed by atoms with Gasteiger partial charge >= 0.3 is 0 Å². The van der Waals surface area contributed by atoms with Gasteiger partial charge in [0, 0.05) is 18.5 Å². The lowest BCUT2D eigenvalue weighted by atomic mass is 9.89. The van der Waals surface area contributed by atoms with Crippen LogP contribution in [0.2, 0.25) is 0 Å². The van der Waals surface area contributed by atoms with Crippen LogP contribution in [0.4, 0.5) is 0 Å². The van der Waals surface area contributed by atoms with Crippen molar-refractivity contribution in [3.8, 4) is 0 Å². The van der Waals surface area contributed by atoms with Crippen LogP contribution >= 0.6 is 12.4 Å². The van der Waals surface area contributed by atoms with Gasteiger partial charge < -0.3 is 15.2 Å². The fraction of sp³-hybridized carbons (Fsp3) is 0.550. The highest BCUT2D eigenvalue weighted by Crippen LogP contribution is 2.32. The third kappa shape index (κ3) is 5.08. The Morgan fingerprint density at radius 2 is 1.96 bits per heavy atom. The molecular formula is C20H27ClN4O2. The molecular weight excluding hydrogens is 364 g/mol. The van der Waals surface area contributed by atoms with Crippen LogP contribution in [0.5, 0.6) is 0 Å². The standard InChI is InChI=1S/C20H26N4O2.ClH/c1-13(20-23-19(26-24-20)12-14-5-3-2-4-6-14)21-18(25)11-15-9-16-7-8-17(10-15)22-16;/h2-6,13,15-17,22H,7-12H2,1H3,(H,21,25);1H. The molecule has 0 radical (unpaired) electrons. The number of hydrogen-bond acceptors (Lipinski definition) is 5. The van der Waals surface area contributed by atoms with Crippen molar-refractivity contribution in [2.75, 3.05) is 0 Å².